The van der Waals surface area contributed by atoms with E-state index in [2.05, 4.69) is 65.4 Å². The molecule has 0 rings (SSSR count). The predicted octanol–water partition coefficient (Wildman–Crippen LogP) is 6.80. The monoisotopic (exact) mass is 1620 g/mol. The molecule has 12 amide bonds. The lowest BCUT2D eigenvalue weighted by Gasteiger charge is -2.19. The summed E-state index contributed by atoms with van der Waals surface area (Å²) in [4.78, 5) is 155. The largest absolute Gasteiger partial charge is 0.368 e. The van der Waals surface area contributed by atoms with Crippen molar-refractivity contribution in [1.82, 2.24) is 58.5 Å². The summed E-state index contributed by atoms with van der Waals surface area (Å²) in [6.45, 7) is 7.56. The molecule has 662 valence electrons. The molecule has 0 saturated carbocycles. The number of nitrogens with one attached hydrogen (secondary N) is 11. The van der Waals surface area contributed by atoms with Crippen molar-refractivity contribution in [2.45, 2.75) is 390 Å². The fourth-order valence-electron chi connectivity index (χ4n) is 13.5. The third-order valence-corrected chi connectivity index (χ3v) is 20.5. The van der Waals surface area contributed by atoms with Crippen LogP contribution in [0.4, 0.5) is 0 Å². The molecular formula is C84H164N18O12. The first kappa shape index (κ1) is 107. The Morgan fingerprint density at radius 3 is 0.535 bits per heavy atom. The summed E-state index contributed by atoms with van der Waals surface area (Å²) >= 11 is 0. The molecule has 0 aliphatic heterocycles. The molecule has 6 unspecified atom stereocenters. The van der Waals surface area contributed by atoms with Gasteiger partial charge in [0.2, 0.25) is 70.9 Å². The highest BCUT2D eigenvalue weighted by Crippen LogP contribution is 2.15. The molecule has 0 aromatic heterocycles. The van der Waals surface area contributed by atoms with Crippen molar-refractivity contribution in [2.75, 3.05) is 72.0 Å². The molecule has 0 radical (unpaired) electrons. The highest BCUT2D eigenvalue weighted by molar-refractivity contribution is 5.90. The summed E-state index contributed by atoms with van der Waals surface area (Å²) in [5.41, 5.74) is 39.6. The van der Waals surface area contributed by atoms with E-state index in [0.717, 1.165) is 205 Å². The molecule has 0 bridgehead atoms. The first-order valence-corrected chi connectivity index (χ1v) is 44.9. The topological polar surface area (TPSA) is 519 Å². The number of hydrogen-bond acceptors (Lipinski definition) is 18. The van der Waals surface area contributed by atoms with Gasteiger partial charge >= 0.3 is 0 Å². The van der Waals surface area contributed by atoms with Gasteiger partial charge in [0.25, 0.3) is 0 Å². The lowest BCUT2D eigenvalue weighted by molar-refractivity contribution is -0.129. The zero-order valence-electron chi connectivity index (χ0n) is 70.9. The van der Waals surface area contributed by atoms with E-state index in [1.54, 1.807) is 0 Å². The maximum absolute atomic E-state index is 13.3. The van der Waals surface area contributed by atoms with E-state index in [1.807, 2.05) is 0 Å². The molecule has 0 aliphatic carbocycles. The van der Waals surface area contributed by atoms with Gasteiger partial charge in [0.1, 0.15) is 36.3 Å². The van der Waals surface area contributed by atoms with Crippen molar-refractivity contribution < 1.29 is 57.5 Å². The highest BCUT2D eigenvalue weighted by Gasteiger charge is 2.26. The molecule has 25 N–H and O–H groups in total. The van der Waals surface area contributed by atoms with Crippen LogP contribution in [0, 0.1) is 0 Å². The van der Waals surface area contributed by atoms with Crippen molar-refractivity contribution in [3.05, 3.63) is 0 Å². The van der Waals surface area contributed by atoms with E-state index in [1.165, 1.54) is 0 Å². The van der Waals surface area contributed by atoms with E-state index >= 15 is 0 Å². The summed E-state index contributed by atoms with van der Waals surface area (Å²) in [5.74, 6) is -2.53. The zero-order chi connectivity index (χ0) is 84.1. The van der Waals surface area contributed by atoms with Crippen LogP contribution in [0.5, 0.6) is 0 Å². The number of carbonyl (C=O) groups excluding carboxylic acids is 12. The van der Waals surface area contributed by atoms with Crippen LogP contribution in [0.3, 0.4) is 0 Å². The van der Waals surface area contributed by atoms with Gasteiger partial charge in [0.05, 0.1) is 0 Å². The van der Waals surface area contributed by atoms with Crippen LogP contribution in [0.2, 0.25) is 0 Å². The van der Waals surface area contributed by atoms with Gasteiger partial charge in [-0.05, 0) is 225 Å². The van der Waals surface area contributed by atoms with Crippen LogP contribution < -0.4 is 98.6 Å². The Morgan fingerprint density at radius 2 is 0.360 bits per heavy atom. The van der Waals surface area contributed by atoms with E-state index in [4.69, 9.17) is 40.1 Å². The Bertz CT molecular complexity index is 2520. The van der Waals surface area contributed by atoms with Crippen LogP contribution in [-0.2, 0) is 57.5 Å². The minimum atomic E-state index is -0.682. The summed E-state index contributed by atoms with van der Waals surface area (Å²) in [6.07, 6.45) is 38.9. The average Bonchev–Trinajstić information content (AvgIpc) is 0.952. The lowest BCUT2D eigenvalue weighted by Crippen LogP contribution is -2.47. The molecule has 0 saturated heterocycles. The molecule has 30 heteroatoms. The predicted molar refractivity (Wildman–Crippen MR) is 455 cm³/mol. The van der Waals surface area contributed by atoms with Gasteiger partial charge in [-0.15, -0.1) is 0 Å². The maximum Gasteiger partial charge on any atom is 0.242 e. The molecule has 30 nitrogen and oxygen atoms in total. The molecule has 0 aliphatic rings. The molecule has 0 aromatic rings. The van der Waals surface area contributed by atoms with Crippen LogP contribution in [0.15, 0.2) is 0 Å². The van der Waals surface area contributed by atoms with Crippen molar-refractivity contribution in [2.24, 2.45) is 40.1 Å². The number of rotatable bonds is 82. The normalized spacial score (nSPS) is 12.8. The Balaban J connectivity index is 4.62. The summed E-state index contributed by atoms with van der Waals surface area (Å²) < 4.78 is 0. The number of primary amides is 1. The van der Waals surface area contributed by atoms with Crippen LogP contribution in [0.25, 0.3) is 0 Å². The third-order valence-electron chi connectivity index (χ3n) is 20.5. The Labute approximate surface area is 685 Å². The lowest BCUT2D eigenvalue weighted by atomic mass is 10.1. The van der Waals surface area contributed by atoms with E-state index in [0.29, 0.717) is 207 Å². The number of nitrogens with two attached hydrogens (primary N) is 7. The van der Waals surface area contributed by atoms with E-state index < -0.39 is 42.2 Å². The van der Waals surface area contributed by atoms with Gasteiger partial charge in [-0.25, -0.2) is 0 Å². The van der Waals surface area contributed by atoms with Crippen molar-refractivity contribution in [3.63, 3.8) is 0 Å². The van der Waals surface area contributed by atoms with Crippen LogP contribution in [-0.4, -0.2) is 179 Å². The SMILES string of the molecule is CCCCCCCC(=O)NC(CCCCN)C(=O)NCCCCCCCC(=O)NC(CCCCN)C(=O)NCCCCCCCC(=O)NC(CCCCN)C(=O)NCCCCCCCC(=O)NC(CCCCN)C(=O)NCCCCCCCC(=O)NC(CCCCN)C(=O)NCCCCCCCC(=O)NC(CCCCN)C(N)=O. The number of unbranched alkanes of at least 4 members (excludes halogenated alkanes) is 30. The Hall–Kier alpha value is -6.60. The summed E-state index contributed by atoms with van der Waals surface area (Å²) in [6, 6.07) is -3.85. The second-order valence-corrected chi connectivity index (χ2v) is 31.0. The maximum atomic E-state index is 13.3. The highest BCUT2D eigenvalue weighted by atomic mass is 16.2. The fraction of sp³-hybridized carbons (Fsp3) is 0.857. The van der Waals surface area contributed by atoms with Gasteiger partial charge in [-0.1, -0.05) is 129 Å². The Morgan fingerprint density at radius 1 is 0.202 bits per heavy atom. The minimum absolute atomic E-state index is 0.0840. The van der Waals surface area contributed by atoms with Gasteiger partial charge in [-0.3, -0.25) is 57.5 Å². The van der Waals surface area contributed by atoms with E-state index in [-0.39, 0.29) is 71.4 Å². The summed E-state index contributed by atoms with van der Waals surface area (Å²) in [5, 5.41) is 32.4. The average molecular weight is 1620 g/mol. The van der Waals surface area contributed by atoms with Gasteiger partial charge in [0.15, 0.2) is 0 Å². The van der Waals surface area contributed by atoms with Crippen molar-refractivity contribution >= 4 is 70.9 Å². The summed E-state index contributed by atoms with van der Waals surface area (Å²) in [7, 11) is 0. The fourth-order valence-corrected chi connectivity index (χ4v) is 13.5. The van der Waals surface area contributed by atoms with Gasteiger partial charge < -0.3 is 98.6 Å². The molecule has 0 spiro atoms. The second-order valence-electron chi connectivity index (χ2n) is 31.0. The van der Waals surface area contributed by atoms with Gasteiger partial charge in [0, 0.05) is 71.2 Å². The first-order chi connectivity index (χ1) is 55.3. The van der Waals surface area contributed by atoms with Crippen LogP contribution >= 0.6 is 0 Å². The van der Waals surface area contributed by atoms with Crippen molar-refractivity contribution in [3.8, 4) is 0 Å². The second kappa shape index (κ2) is 77.6. The number of amides is 12. The van der Waals surface area contributed by atoms with E-state index in [9.17, 15) is 57.5 Å². The zero-order valence-corrected chi connectivity index (χ0v) is 70.9. The van der Waals surface area contributed by atoms with Gasteiger partial charge in [-0.2, -0.15) is 0 Å². The number of hydrogen-bond donors (Lipinski definition) is 18. The first-order valence-electron chi connectivity index (χ1n) is 44.9. The molecule has 6 atom stereocenters. The Kier molecular flexibility index (Phi) is 73.1. The van der Waals surface area contributed by atoms with Crippen molar-refractivity contribution in [1.29, 1.82) is 0 Å². The molecule has 114 heavy (non-hydrogen) atoms. The minimum Gasteiger partial charge on any atom is -0.368 e. The quantitative estimate of drug-likeness (QED) is 0.0278. The molecule has 0 heterocycles. The molecular weight excluding hydrogens is 1450 g/mol. The van der Waals surface area contributed by atoms with Crippen LogP contribution in [0.1, 0.15) is 354 Å². The standard InChI is InChI=1S/C84H164N18O12/c1-2-3-4-10-21-51-74(104)98-68(45-28-34-57-86)80(110)92-63-40-17-6-12-23-53-76(106)100-70(47-30-36-59-88)82(112)94-65-42-19-8-14-25-55-78(108)102-72(49-32-38-61-90)84(114)96-66-43-20-9-15-26-54-77(107)101-71(48-31-37-60-89)83(113)95-64-41-18-7-13-24-52-75(105)99-69(46-29-35-58-87)81(111)93-62-39-16-5-11-22-50-73(103)97-67(79(91)109)44-27-33-56-85/h67-72H,2-66,85-90H2,1H3,(H2,91,109)(H,92,110)(H,93,111)(H,94,112)(H,95,113)(H,96,114)(H,97,103)(H,98,104)(H,99,105)(H,100,106)(H,101,107)(H,102,108). The molecule has 0 aromatic carbocycles. The smallest absolute Gasteiger partial charge is 0.242 e. The third kappa shape index (κ3) is 64.6. The molecule has 0 fully saturated rings. The number of carbonyl (C=O) groups is 12.